The highest BCUT2D eigenvalue weighted by Gasteiger charge is 2.23. The Morgan fingerprint density at radius 1 is 1.21 bits per heavy atom. The summed E-state index contributed by atoms with van der Waals surface area (Å²) in [5, 5.41) is 2.82. The number of alkyl carbamates (subject to hydrolysis) is 1. The second-order valence-corrected chi connectivity index (χ2v) is 6.91. The quantitative estimate of drug-likeness (QED) is 0.875. The monoisotopic (exact) mass is 327 g/mol. The summed E-state index contributed by atoms with van der Waals surface area (Å²) in [4.78, 5) is 11.9. The molecule has 0 radical (unpaired) electrons. The van der Waals surface area contributed by atoms with Crippen molar-refractivity contribution in [2.75, 3.05) is 0 Å². The van der Waals surface area contributed by atoms with Crippen LogP contribution in [0.15, 0.2) is 28.7 Å². The maximum absolute atomic E-state index is 11.9. The first-order valence-electron chi connectivity index (χ1n) is 6.43. The second kappa shape index (κ2) is 6.42. The first kappa shape index (κ1) is 16.0. The fourth-order valence-electron chi connectivity index (χ4n) is 1.69. The highest BCUT2D eigenvalue weighted by atomic mass is 79.9. The topological polar surface area (TPSA) is 38.3 Å². The van der Waals surface area contributed by atoms with Gasteiger partial charge < -0.3 is 10.1 Å². The molecule has 1 aromatic carbocycles. The van der Waals surface area contributed by atoms with E-state index in [0.717, 1.165) is 10.0 Å². The standard InChI is InChI=1S/C15H22BrNO2/c1-10(2)13(11-6-8-12(16)9-7-11)19-14(18)17-15(3,4)5/h6-10,13H,1-5H3,(H,17,18). The number of rotatable bonds is 3. The summed E-state index contributed by atoms with van der Waals surface area (Å²) >= 11 is 3.40. The van der Waals surface area contributed by atoms with Crippen molar-refractivity contribution < 1.29 is 9.53 Å². The molecule has 1 rings (SSSR count). The summed E-state index contributed by atoms with van der Waals surface area (Å²) < 4.78 is 6.56. The number of halogens is 1. The third-order valence-corrected chi connectivity index (χ3v) is 3.04. The van der Waals surface area contributed by atoms with E-state index in [1.807, 2.05) is 58.9 Å². The van der Waals surface area contributed by atoms with E-state index < -0.39 is 0 Å². The molecule has 0 fully saturated rings. The van der Waals surface area contributed by atoms with E-state index >= 15 is 0 Å². The molecule has 0 bridgehead atoms. The van der Waals surface area contributed by atoms with Crippen LogP contribution in [0.3, 0.4) is 0 Å². The fraction of sp³-hybridized carbons (Fsp3) is 0.533. The van der Waals surface area contributed by atoms with Crippen LogP contribution in [0.25, 0.3) is 0 Å². The van der Waals surface area contributed by atoms with E-state index in [1.165, 1.54) is 0 Å². The zero-order valence-corrected chi connectivity index (χ0v) is 13.7. The lowest BCUT2D eigenvalue weighted by Gasteiger charge is -2.26. The van der Waals surface area contributed by atoms with E-state index in [1.54, 1.807) is 0 Å². The van der Waals surface area contributed by atoms with Crippen molar-refractivity contribution in [2.45, 2.75) is 46.3 Å². The van der Waals surface area contributed by atoms with Crippen molar-refractivity contribution in [3.8, 4) is 0 Å². The number of amides is 1. The zero-order valence-electron chi connectivity index (χ0n) is 12.2. The van der Waals surface area contributed by atoms with Crippen molar-refractivity contribution in [3.63, 3.8) is 0 Å². The molecule has 0 spiro atoms. The number of ether oxygens (including phenoxy) is 1. The lowest BCUT2D eigenvalue weighted by atomic mass is 9.99. The van der Waals surface area contributed by atoms with Gasteiger partial charge in [-0.05, 0) is 44.4 Å². The summed E-state index contributed by atoms with van der Waals surface area (Å²) in [5.41, 5.74) is 0.709. The van der Waals surface area contributed by atoms with E-state index in [-0.39, 0.29) is 23.7 Å². The Morgan fingerprint density at radius 2 is 1.74 bits per heavy atom. The first-order chi connectivity index (χ1) is 8.69. The van der Waals surface area contributed by atoms with Gasteiger partial charge in [0.2, 0.25) is 0 Å². The van der Waals surface area contributed by atoms with Crippen molar-refractivity contribution in [1.82, 2.24) is 5.32 Å². The molecule has 0 heterocycles. The number of carbonyl (C=O) groups is 1. The van der Waals surface area contributed by atoms with Crippen molar-refractivity contribution >= 4 is 22.0 Å². The molecule has 0 aliphatic carbocycles. The molecule has 0 saturated carbocycles. The molecule has 0 aromatic heterocycles. The Balaban J connectivity index is 2.79. The van der Waals surface area contributed by atoms with Crippen molar-refractivity contribution in [3.05, 3.63) is 34.3 Å². The molecule has 0 aliphatic heterocycles. The molecule has 1 aromatic rings. The minimum Gasteiger partial charge on any atom is -0.441 e. The summed E-state index contributed by atoms with van der Waals surface area (Å²) in [6, 6.07) is 7.85. The Hall–Kier alpha value is -1.03. The van der Waals surface area contributed by atoms with Gasteiger partial charge >= 0.3 is 6.09 Å². The van der Waals surface area contributed by atoms with Gasteiger partial charge in [-0.1, -0.05) is 41.9 Å². The fourth-order valence-corrected chi connectivity index (χ4v) is 1.96. The first-order valence-corrected chi connectivity index (χ1v) is 7.22. The Kier molecular flexibility index (Phi) is 5.41. The predicted octanol–water partition coefficient (Wildman–Crippen LogP) is 4.67. The van der Waals surface area contributed by atoms with E-state index in [0.29, 0.717) is 0 Å². The predicted molar refractivity (Wildman–Crippen MR) is 81.1 cm³/mol. The van der Waals surface area contributed by atoms with Crippen molar-refractivity contribution in [1.29, 1.82) is 0 Å². The van der Waals surface area contributed by atoms with Crippen LogP contribution in [-0.2, 0) is 4.74 Å². The molecule has 1 N–H and O–H groups in total. The third kappa shape index (κ3) is 5.64. The van der Waals surface area contributed by atoms with Crippen LogP contribution in [0.4, 0.5) is 4.79 Å². The molecule has 19 heavy (non-hydrogen) atoms. The normalized spacial score (nSPS) is 13.2. The molecular formula is C15H22BrNO2. The number of hydrogen-bond acceptors (Lipinski definition) is 2. The summed E-state index contributed by atoms with van der Waals surface area (Å²) in [5.74, 6) is 0.215. The van der Waals surface area contributed by atoms with Crippen LogP contribution >= 0.6 is 15.9 Å². The third-order valence-electron chi connectivity index (χ3n) is 2.52. The largest absolute Gasteiger partial charge is 0.441 e. The summed E-state index contributed by atoms with van der Waals surface area (Å²) in [6.45, 7) is 9.86. The van der Waals surface area contributed by atoms with Crippen LogP contribution in [0.2, 0.25) is 0 Å². The molecule has 1 atom stereocenters. The highest BCUT2D eigenvalue weighted by Crippen LogP contribution is 2.27. The second-order valence-electron chi connectivity index (χ2n) is 6.00. The van der Waals surface area contributed by atoms with Gasteiger partial charge in [0.05, 0.1) is 0 Å². The van der Waals surface area contributed by atoms with E-state index in [2.05, 4.69) is 21.2 Å². The van der Waals surface area contributed by atoms with Crippen LogP contribution in [-0.4, -0.2) is 11.6 Å². The Labute approximate surface area is 123 Å². The molecule has 1 amide bonds. The van der Waals surface area contributed by atoms with Gasteiger partial charge in [0, 0.05) is 10.0 Å². The van der Waals surface area contributed by atoms with Crippen molar-refractivity contribution in [2.24, 2.45) is 5.92 Å². The number of benzene rings is 1. The zero-order chi connectivity index (χ0) is 14.6. The molecule has 0 aliphatic rings. The molecule has 3 nitrogen and oxygen atoms in total. The maximum Gasteiger partial charge on any atom is 0.408 e. The smallest absolute Gasteiger partial charge is 0.408 e. The maximum atomic E-state index is 11.9. The van der Waals surface area contributed by atoms with Gasteiger partial charge in [0.15, 0.2) is 0 Å². The number of nitrogens with one attached hydrogen (secondary N) is 1. The van der Waals surface area contributed by atoms with Crippen LogP contribution < -0.4 is 5.32 Å². The summed E-state index contributed by atoms with van der Waals surface area (Å²) in [7, 11) is 0. The van der Waals surface area contributed by atoms with Gasteiger partial charge in [-0.2, -0.15) is 0 Å². The molecule has 106 valence electrons. The van der Waals surface area contributed by atoms with Crippen LogP contribution in [0.1, 0.15) is 46.3 Å². The SMILES string of the molecule is CC(C)C(OC(=O)NC(C)(C)C)c1ccc(Br)cc1. The lowest BCUT2D eigenvalue weighted by molar-refractivity contribution is 0.0656. The molecule has 4 heteroatoms. The van der Waals surface area contributed by atoms with Gasteiger partial charge in [-0.3, -0.25) is 0 Å². The number of carbonyl (C=O) groups excluding carboxylic acids is 1. The highest BCUT2D eigenvalue weighted by molar-refractivity contribution is 9.10. The summed E-state index contributed by atoms with van der Waals surface area (Å²) in [6.07, 6.45) is -0.621. The minimum atomic E-state index is -0.380. The Morgan fingerprint density at radius 3 is 2.16 bits per heavy atom. The minimum absolute atomic E-state index is 0.215. The van der Waals surface area contributed by atoms with Gasteiger partial charge in [-0.15, -0.1) is 0 Å². The molecular weight excluding hydrogens is 306 g/mol. The van der Waals surface area contributed by atoms with E-state index in [4.69, 9.17) is 4.74 Å². The number of hydrogen-bond donors (Lipinski definition) is 1. The van der Waals surface area contributed by atoms with Crippen LogP contribution in [0, 0.1) is 5.92 Å². The van der Waals surface area contributed by atoms with Gasteiger partial charge in [0.25, 0.3) is 0 Å². The Bertz CT molecular complexity index is 421. The van der Waals surface area contributed by atoms with Gasteiger partial charge in [0.1, 0.15) is 6.10 Å². The average molecular weight is 328 g/mol. The van der Waals surface area contributed by atoms with Gasteiger partial charge in [-0.25, -0.2) is 4.79 Å². The lowest BCUT2D eigenvalue weighted by Crippen LogP contribution is -2.41. The van der Waals surface area contributed by atoms with E-state index in [9.17, 15) is 4.79 Å². The average Bonchev–Trinajstić information content (AvgIpc) is 2.24. The molecule has 0 saturated heterocycles. The van der Waals surface area contributed by atoms with Crippen LogP contribution in [0.5, 0.6) is 0 Å². The molecule has 1 unspecified atom stereocenters.